The first-order valence-electron chi connectivity index (χ1n) is 5.56. The van der Waals surface area contributed by atoms with Crippen LogP contribution < -0.4 is 5.32 Å². The second kappa shape index (κ2) is 8.21. The molecule has 0 rings (SSSR count). The van der Waals surface area contributed by atoms with Crippen LogP contribution in [0.5, 0.6) is 0 Å². The fraction of sp³-hybridized carbons (Fsp3) is 0.636. The fourth-order valence-electron chi connectivity index (χ4n) is 1.27. The van der Waals surface area contributed by atoms with Crippen LogP contribution in [0.25, 0.3) is 0 Å². The predicted molar refractivity (Wildman–Crippen MR) is 61.0 cm³/mol. The third kappa shape index (κ3) is 8.26. The zero-order valence-electron chi connectivity index (χ0n) is 10.1. The lowest BCUT2D eigenvalue weighted by Gasteiger charge is -2.13. The zero-order valence-corrected chi connectivity index (χ0v) is 10.1. The van der Waals surface area contributed by atoms with Gasteiger partial charge in [-0.25, -0.2) is 4.79 Å². The second-order valence-corrected chi connectivity index (χ2v) is 3.95. The van der Waals surface area contributed by atoms with Gasteiger partial charge in [-0.2, -0.15) is 0 Å². The maximum atomic E-state index is 11.3. The van der Waals surface area contributed by atoms with Crippen molar-refractivity contribution < 1.29 is 29.4 Å². The van der Waals surface area contributed by atoms with Gasteiger partial charge in [0.2, 0.25) is 5.91 Å². The molecule has 0 saturated carbocycles. The molecule has 0 saturated heterocycles. The molecule has 0 bridgehead atoms. The van der Waals surface area contributed by atoms with Gasteiger partial charge >= 0.3 is 11.9 Å². The van der Waals surface area contributed by atoms with Gasteiger partial charge < -0.3 is 20.3 Å². The first kappa shape index (κ1) is 16.1. The molecule has 1 unspecified atom stereocenters. The van der Waals surface area contributed by atoms with Gasteiger partial charge in [-0.05, 0) is 19.8 Å². The summed E-state index contributed by atoms with van der Waals surface area (Å²) in [4.78, 5) is 43.1. The number of aliphatic carboxylic acids is 2. The Morgan fingerprint density at radius 1 is 1.06 bits per heavy atom. The van der Waals surface area contributed by atoms with Crippen LogP contribution in [0.4, 0.5) is 0 Å². The Bertz CT molecular complexity index is 338. The minimum absolute atomic E-state index is 0.0370. The van der Waals surface area contributed by atoms with Gasteiger partial charge in [-0.3, -0.25) is 9.59 Å². The van der Waals surface area contributed by atoms with Crippen molar-refractivity contribution in [1.82, 2.24) is 5.32 Å². The van der Waals surface area contributed by atoms with Gasteiger partial charge in [0, 0.05) is 19.3 Å². The average Bonchev–Trinajstić information content (AvgIpc) is 2.22. The topological polar surface area (TPSA) is 121 Å². The van der Waals surface area contributed by atoms with Crippen molar-refractivity contribution >= 4 is 23.6 Å². The normalized spacial score (nSPS) is 11.6. The van der Waals surface area contributed by atoms with Gasteiger partial charge in [-0.15, -0.1) is 0 Å². The Morgan fingerprint density at radius 2 is 1.67 bits per heavy atom. The van der Waals surface area contributed by atoms with E-state index in [1.807, 2.05) is 0 Å². The fourth-order valence-corrected chi connectivity index (χ4v) is 1.27. The molecule has 0 aliphatic rings. The van der Waals surface area contributed by atoms with Gasteiger partial charge in [-0.1, -0.05) is 0 Å². The monoisotopic (exact) mass is 259 g/mol. The molecule has 0 aromatic carbocycles. The third-order valence-corrected chi connectivity index (χ3v) is 2.21. The molecule has 102 valence electrons. The molecule has 0 fully saturated rings. The minimum atomic E-state index is -1.21. The number of carbonyl (C=O) groups excluding carboxylic acids is 2. The lowest BCUT2D eigenvalue weighted by Crippen LogP contribution is -2.40. The van der Waals surface area contributed by atoms with E-state index >= 15 is 0 Å². The van der Waals surface area contributed by atoms with Crippen molar-refractivity contribution in [3.63, 3.8) is 0 Å². The molecular weight excluding hydrogens is 242 g/mol. The van der Waals surface area contributed by atoms with E-state index in [1.54, 1.807) is 0 Å². The van der Waals surface area contributed by atoms with Crippen LogP contribution in [0, 0.1) is 0 Å². The van der Waals surface area contributed by atoms with Crippen LogP contribution in [-0.4, -0.2) is 39.9 Å². The maximum absolute atomic E-state index is 11.3. The molecule has 7 heteroatoms. The Hall–Kier alpha value is -1.92. The number of carboxylic acid groups (broad SMARTS) is 2. The first-order valence-corrected chi connectivity index (χ1v) is 5.56. The van der Waals surface area contributed by atoms with E-state index in [9.17, 15) is 19.2 Å². The van der Waals surface area contributed by atoms with E-state index in [4.69, 9.17) is 10.2 Å². The minimum Gasteiger partial charge on any atom is -0.481 e. The van der Waals surface area contributed by atoms with E-state index in [2.05, 4.69) is 5.32 Å². The van der Waals surface area contributed by atoms with Crippen molar-refractivity contribution in [1.29, 1.82) is 0 Å². The highest BCUT2D eigenvalue weighted by atomic mass is 16.4. The number of nitrogens with one attached hydrogen (secondary N) is 1. The van der Waals surface area contributed by atoms with E-state index in [1.165, 1.54) is 6.92 Å². The van der Waals surface area contributed by atoms with Crippen LogP contribution in [0.3, 0.4) is 0 Å². The molecule has 3 N–H and O–H groups in total. The summed E-state index contributed by atoms with van der Waals surface area (Å²) in [5, 5.41) is 19.5. The number of amides is 1. The van der Waals surface area contributed by atoms with Crippen molar-refractivity contribution in [2.24, 2.45) is 0 Å². The standard InChI is InChI=1S/C11H17NO6/c1-7(13)5-6-8(11(17)18)12-9(14)3-2-4-10(15)16/h8H,2-6H2,1H3,(H,12,14)(H,15,16)(H,17,18). The molecule has 0 spiro atoms. The van der Waals surface area contributed by atoms with Crippen molar-refractivity contribution in [2.45, 2.75) is 45.1 Å². The highest BCUT2D eigenvalue weighted by Crippen LogP contribution is 2.01. The summed E-state index contributed by atoms with van der Waals surface area (Å²) in [5.41, 5.74) is 0. The maximum Gasteiger partial charge on any atom is 0.326 e. The van der Waals surface area contributed by atoms with Gasteiger partial charge in [0.05, 0.1) is 0 Å². The summed E-state index contributed by atoms with van der Waals surface area (Å²) in [6.45, 7) is 1.34. The summed E-state index contributed by atoms with van der Waals surface area (Å²) in [5.74, 6) is -2.88. The molecule has 0 aromatic rings. The quantitative estimate of drug-likeness (QED) is 0.543. The van der Waals surface area contributed by atoms with E-state index in [0.29, 0.717) is 0 Å². The molecule has 0 aliphatic heterocycles. The van der Waals surface area contributed by atoms with Crippen molar-refractivity contribution in [2.75, 3.05) is 0 Å². The zero-order chi connectivity index (χ0) is 14.1. The Balaban J connectivity index is 4.07. The van der Waals surface area contributed by atoms with Gasteiger partial charge in [0.1, 0.15) is 11.8 Å². The largest absolute Gasteiger partial charge is 0.481 e. The van der Waals surface area contributed by atoms with Crippen LogP contribution >= 0.6 is 0 Å². The third-order valence-electron chi connectivity index (χ3n) is 2.21. The Morgan fingerprint density at radius 3 is 2.11 bits per heavy atom. The molecule has 1 atom stereocenters. The van der Waals surface area contributed by atoms with Crippen LogP contribution in [0.1, 0.15) is 39.0 Å². The molecule has 0 heterocycles. The number of carbonyl (C=O) groups is 4. The smallest absolute Gasteiger partial charge is 0.326 e. The predicted octanol–water partition coefficient (Wildman–Crippen LogP) is 0.180. The van der Waals surface area contributed by atoms with Crippen molar-refractivity contribution in [3.8, 4) is 0 Å². The molecule has 1 amide bonds. The molecule has 0 aromatic heterocycles. The number of hydrogen-bond acceptors (Lipinski definition) is 4. The number of ketones is 1. The van der Waals surface area contributed by atoms with E-state index < -0.39 is 23.9 Å². The van der Waals surface area contributed by atoms with Crippen molar-refractivity contribution in [3.05, 3.63) is 0 Å². The molecule has 0 radical (unpaired) electrons. The summed E-state index contributed by atoms with van der Waals surface area (Å²) < 4.78 is 0. The van der Waals surface area contributed by atoms with Crippen LogP contribution in [0.15, 0.2) is 0 Å². The highest BCUT2D eigenvalue weighted by Gasteiger charge is 2.19. The number of rotatable bonds is 9. The summed E-state index contributed by atoms with van der Waals surface area (Å²) in [7, 11) is 0. The lowest BCUT2D eigenvalue weighted by molar-refractivity contribution is -0.142. The molecule has 0 aliphatic carbocycles. The Labute approximate surface area is 104 Å². The average molecular weight is 259 g/mol. The van der Waals surface area contributed by atoms with Crippen LogP contribution in [-0.2, 0) is 19.2 Å². The van der Waals surface area contributed by atoms with E-state index in [-0.39, 0.29) is 37.9 Å². The number of Topliss-reactive ketones (excluding diaryl/α,β-unsaturated/α-hetero) is 1. The van der Waals surface area contributed by atoms with E-state index in [0.717, 1.165) is 0 Å². The van der Waals surface area contributed by atoms with Crippen LogP contribution in [0.2, 0.25) is 0 Å². The SMILES string of the molecule is CC(=O)CCC(NC(=O)CCCC(=O)O)C(=O)O. The Kier molecular flexibility index (Phi) is 7.34. The first-order chi connectivity index (χ1) is 8.32. The number of carboxylic acids is 2. The molecule has 7 nitrogen and oxygen atoms in total. The molecular formula is C11H17NO6. The molecule has 18 heavy (non-hydrogen) atoms. The lowest BCUT2D eigenvalue weighted by atomic mass is 10.1. The summed E-state index contributed by atoms with van der Waals surface area (Å²) in [6, 6.07) is -1.11. The second-order valence-electron chi connectivity index (χ2n) is 3.95. The van der Waals surface area contributed by atoms with Gasteiger partial charge in [0.15, 0.2) is 0 Å². The summed E-state index contributed by atoms with van der Waals surface area (Å²) >= 11 is 0. The summed E-state index contributed by atoms with van der Waals surface area (Å²) in [6.07, 6.45) is 0.0800. The van der Waals surface area contributed by atoms with Gasteiger partial charge in [0.25, 0.3) is 0 Å². The number of hydrogen-bond donors (Lipinski definition) is 3. The highest BCUT2D eigenvalue weighted by molar-refractivity contribution is 5.84.